The third-order valence-corrected chi connectivity index (χ3v) is 33.5. The first kappa shape index (κ1) is 82.0. The minimum atomic E-state index is -0.713. The molecule has 4 nitrogen and oxygen atoms in total. The molecule has 2 aromatic heterocycles. The van der Waals surface area contributed by atoms with E-state index in [1.54, 1.807) is 0 Å². The van der Waals surface area contributed by atoms with Gasteiger partial charge < -0.3 is 18.9 Å². The summed E-state index contributed by atoms with van der Waals surface area (Å²) >= 11 is 0. The standard InChI is InChI=1S/C142H90N4/c1-4-35-95(36-5-1)139(96-37-6-2-7-38-96)119-54-21-12-46-108(119)118-90-104(83-86-126(118)139)144(101-41-32-42-102(88-101)146-133-65-30-19-50-112(133)113-51-20-31-66-134(113)146)136-68-34-62-130-138(136)115-53-16-27-60-125(115)142(130)123-58-25-14-45-107(123)116-87-94(75-84-128(116)142)93-69-76-98(77-70-93)140(97-39-8-3-9-40-97)120-55-22-13-47-109(120)117-89-103(82-85-127(117)140)143(99-78-71-91(72-79-99)92-73-80-100(81-74-92)145-131-63-28-17-48-110(131)111-49-18-29-64-132(111)145)135-67-33-61-129-137(135)114-52-15-26-59-124(114)141(129)121-56-23-10-43-105(121)106-44-11-24-57-122(106)141/h1-90H. The Morgan fingerprint density at radius 2 is 0.411 bits per heavy atom. The molecule has 0 amide bonds. The van der Waals surface area contributed by atoms with Crippen LogP contribution >= 0.6 is 0 Å². The van der Waals surface area contributed by atoms with Crippen LogP contribution in [-0.4, -0.2) is 9.13 Å². The third-order valence-electron chi connectivity index (χ3n) is 33.5. The summed E-state index contributed by atoms with van der Waals surface area (Å²) in [5.41, 5.74) is 50.6. The minimum Gasteiger partial charge on any atom is -0.310 e. The average Bonchev–Trinajstić information content (AvgIpc) is 1.50. The van der Waals surface area contributed by atoms with Gasteiger partial charge in [-0.15, -0.1) is 0 Å². The summed E-state index contributed by atoms with van der Waals surface area (Å²) in [5.74, 6) is 0. The number of anilines is 6. The SMILES string of the molecule is c1ccc(C2(c3ccc(-c4ccc5c(c4)-c4ccccc4C54c5ccccc5-c5c(N(c6cccc(-n7c8ccccc8c8ccccc87)c6)c6ccc7c(c6)-c6ccccc6C7(c6ccccc6)c6ccccc6)cccc54)cc3)c3ccccc3-c3cc(N(c4ccc(-c5ccc(-n6c7ccccc7c7ccccc76)cc5)cc4)c4cccc5c4-c4ccccc4C54c5ccccc5-c5ccccc54)ccc32)cc1. The largest absolute Gasteiger partial charge is 0.310 e. The van der Waals surface area contributed by atoms with Crippen molar-refractivity contribution in [3.63, 3.8) is 0 Å². The van der Waals surface area contributed by atoms with Crippen LogP contribution in [0, 0.1) is 0 Å². The summed E-state index contributed by atoms with van der Waals surface area (Å²) in [7, 11) is 0. The van der Waals surface area contributed by atoms with Crippen LogP contribution in [-0.2, 0) is 21.7 Å². The Bertz CT molecular complexity index is 9570. The van der Waals surface area contributed by atoms with Crippen molar-refractivity contribution in [2.75, 3.05) is 9.80 Å². The van der Waals surface area contributed by atoms with E-state index in [1.165, 1.54) is 199 Å². The van der Waals surface area contributed by atoms with Crippen LogP contribution in [0.25, 0.3) is 144 Å². The Morgan fingerprint density at radius 3 is 0.836 bits per heavy atom. The van der Waals surface area contributed by atoms with Crippen molar-refractivity contribution in [2.24, 2.45) is 0 Å². The van der Waals surface area contributed by atoms with Gasteiger partial charge in [-0.2, -0.15) is 0 Å². The molecular weight excluding hydrogens is 1760 g/mol. The Kier molecular flexibility index (Phi) is 17.6. The van der Waals surface area contributed by atoms with Gasteiger partial charge in [-0.3, -0.25) is 0 Å². The van der Waals surface area contributed by atoms with E-state index in [2.05, 4.69) is 565 Å². The molecule has 2 heterocycles. The van der Waals surface area contributed by atoms with Gasteiger partial charge in [-0.1, -0.05) is 437 Å². The van der Waals surface area contributed by atoms with Crippen molar-refractivity contribution in [1.29, 1.82) is 0 Å². The zero-order valence-corrected chi connectivity index (χ0v) is 79.8. The van der Waals surface area contributed by atoms with Crippen LogP contribution in [0.5, 0.6) is 0 Å². The van der Waals surface area contributed by atoms with E-state index in [9.17, 15) is 0 Å². The summed E-state index contributed by atoms with van der Waals surface area (Å²) in [4.78, 5) is 5.14. The second kappa shape index (κ2) is 31.4. The molecule has 0 bridgehead atoms. The van der Waals surface area contributed by atoms with Gasteiger partial charge in [0, 0.05) is 66.8 Å². The summed E-state index contributed by atoms with van der Waals surface area (Å²) in [6.07, 6.45) is 0. The van der Waals surface area contributed by atoms with Crippen LogP contribution in [0.4, 0.5) is 34.1 Å². The van der Waals surface area contributed by atoms with Crippen LogP contribution in [0.2, 0.25) is 0 Å². The van der Waals surface area contributed by atoms with Crippen LogP contribution in [0.15, 0.2) is 546 Å². The molecule has 4 heteroatoms. The van der Waals surface area contributed by atoms with Gasteiger partial charge in [0.05, 0.1) is 55.1 Å². The highest BCUT2D eigenvalue weighted by atomic mass is 15.2. The fraction of sp³-hybridized carbons (Fsp3) is 0.0282. The van der Waals surface area contributed by atoms with E-state index in [4.69, 9.17) is 0 Å². The van der Waals surface area contributed by atoms with E-state index in [-0.39, 0.29) is 0 Å². The van der Waals surface area contributed by atoms with Crippen molar-refractivity contribution in [2.45, 2.75) is 21.7 Å². The number of para-hydroxylation sites is 4. The molecule has 2 unspecified atom stereocenters. The normalized spacial score (nSPS) is 15.3. The molecule has 2 atom stereocenters. The molecular formula is C142H90N4. The van der Waals surface area contributed by atoms with E-state index < -0.39 is 21.7 Å². The van der Waals surface area contributed by atoms with Crippen molar-refractivity contribution in [3.05, 3.63) is 635 Å². The van der Waals surface area contributed by atoms with Gasteiger partial charge in [0.2, 0.25) is 0 Å². The highest BCUT2D eigenvalue weighted by Crippen LogP contribution is 2.69. The number of benzene rings is 23. The summed E-state index contributed by atoms with van der Waals surface area (Å²) in [6.45, 7) is 0. The van der Waals surface area contributed by atoms with E-state index in [0.717, 1.165) is 67.8 Å². The molecule has 0 saturated carbocycles. The molecule has 146 heavy (non-hydrogen) atoms. The van der Waals surface area contributed by atoms with Crippen molar-refractivity contribution >= 4 is 77.7 Å². The number of aromatic nitrogens is 2. The topological polar surface area (TPSA) is 16.3 Å². The molecule has 6 aliphatic carbocycles. The molecule has 25 aromatic rings. The maximum atomic E-state index is 2.58. The molecule has 31 rings (SSSR count). The second-order valence-corrected chi connectivity index (χ2v) is 40.1. The first-order chi connectivity index (χ1) is 72.4. The van der Waals surface area contributed by atoms with Crippen molar-refractivity contribution in [1.82, 2.24) is 9.13 Å². The minimum absolute atomic E-state index is 0.547. The molecule has 6 aliphatic rings. The first-order valence-electron chi connectivity index (χ1n) is 51.0. The van der Waals surface area contributed by atoms with Crippen molar-refractivity contribution < 1.29 is 0 Å². The molecule has 678 valence electrons. The number of hydrogen-bond acceptors (Lipinski definition) is 2. The maximum Gasteiger partial charge on any atom is 0.0726 e. The monoisotopic (exact) mass is 1850 g/mol. The highest BCUT2D eigenvalue weighted by molar-refractivity contribution is 6.12. The van der Waals surface area contributed by atoms with Gasteiger partial charge >= 0.3 is 0 Å². The molecule has 23 aromatic carbocycles. The lowest BCUT2D eigenvalue weighted by molar-refractivity contribution is 0.768. The zero-order valence-electron chi connectivity index (χ0n) is 79.8. The first-order valence-corrected chi connectivity index (χ1v) is 51.0. The number of fused-ring (bicyclic) bond motifs is 32. The lowest BCUT2D eigenvalue weighted by Gasteiger charge is -2.34. The van der Waals surface area contributed by atoms with Crippen LogP contribution in [0.3, 0.4) is 0 Å². The molecule has 0 saturated heterocycles. The fourth-order valence-corrected chi connectivity index (χ4v) is 27.9. The molecule has 0 N–H and O–H groups in total. The second-order valence-electron chi connectivity index (χ2n) is 40.1. The quantitative estimate of drug-likeness (QED) is 0.108. The zero-order chi connectivity index (χ0) is 95.7. The van der Waals surface area contributed by atoms with Crippen LogP contribution < -0.4 is 9.80 Å². The molecule has 0 fully saturated rings. The predicted octanol–water partition coefficient (Wildman–Crippen LogP) is 35.6. The molecule has 0 radical (unpaired) electrons. The van der Waals surface area contributed by atoms with Gasteiger partial charge in [0.15, 0.2) is 0 Å². The maximum absolute atomic E-state index is 2.58. The number of nitrogens with zero attached hydrogens (tertiary/aromatic N) is 4. The summed E-state index contributed by atoms with van der Waals surface area (Å²) in [6, 6.07) is 207. The summed E-state index contributed by atoms with van der Waals surface area (Å²) in [5, 5.41) is 4.96. The number of hydrogen-bond donors (Lipinski definition) is 0. The Hall–Kier alpha value is -18.7. The van der Waals surface area contributed by atoms with Gasteiger partial charge in [-0.05, 0) is 276 Å². The Morgan fingerprint density at radius 1 is 0.144 bits per heavy atom. The molecule has 2 spiro atoms. The highest BCUT2D eigenvalue weighted by Gasteiger charge is 2.56. The Labute approximate surface area is 847 Å². The van der Waals surface area contributed by atoms with Crippen LogP contribution in [0.1, 0.15) is 89.0 Å². The van der Waals surface area contributed by atoms with E-state index in [1.807, 2.05) is 0 Å². The smallest absolute Gasteiger partial charge is 0.0726 e. The average molecular weight is 1850 g/mol. The fourth-order valence-electron chi connectivity index (χ4n) is 27.9. The Balaban J connectivity index is 0.546. The van der Waals surface area contributed by atoms with Gasteiger partial charge in [0.25, 0.3) is 0 Å². The lowest BCUT2D eigenvalue weighted by atomic mass is 9.67. The number of rotatable bonds is 14. The van der Waals surface area contributed by atoms with Gasteiger partial charge in [-0.25, -0.2) is 0 Å². The summed E-state index contributed by atoms with van der Waals surface area (Å²) < 4.78 is 4.86. The third kappa shape index (κ3) is 11.1. The van der Waals surface area contributed by atoms with E-state index >= 15 is 0 Å². The lowest BCUT2D eigenvalue weighted by Crippen LogP contribution is -2.28. The van der Waals surface area contributed by atoms with E-state index in [0.29, 0.717) is 0 Å². The predicted molar refractivity (Wildman–Crippen MR) is 603 cm³/mol. The van der Waals surface area contributed by atoms with Crippen molar-refractivity contribution in [3.8, 4) is 100 Å². The molecule has 0 aliphatic heterocycles. The van der Waals surface area contributed by atoms with Gasteiger partial charge in [0.1, 0.15) is 0 Å².